The SMILES string of the molecule is CCC(CNC(=O)OCC1c2ccccc2-c2ccccc21)C(=O)N1CCC1C(=O)O. The van der Waals surface area contributed by atoms with Crippen molar-refractivity contribution in [3.8, 4) is 11.1 Å². The van der Waals surface area contributed by atoms with E-state index in [9.17, 15) is 14.4 Å². The second-order valence-corrected chi connectivity index (χ2v) is 7.99. The lowest BCUT2D eigenvalue weighted by molar-refractivity contribution is -0.159. The van der Waals surface area contributed by atoms with E-state index >= 15 is 0 Å². The first kappa shape index (κ1) is 20.9. The van der Waals surface area contributed by atoms with Crippen LogP contribution in [0.15, 0.2) is 48.5 Å². The predicted octanol–water partition coefficient (Wildman–Crippen LogP) is 3.24. The molecule has 0 bridgehead atoms. The Bertz CT molecular complexity index is 959. The van der Waals surface area contributed by atoms with Gasteiger partial charge in [-0.2, -0.15) is 0 Å². The fourth-order valence-corrected chi connectivity index (χ4v) is 4.40. The second kappa shape index (κ2) is 8.79. The van der Waals surface area contributed by atoms with E-state index in [1.54, 1.807) is 0 Å². The fraction of sp³-hybridized carbons (Fsp3) is 0.375. The number of aliphatic carboxylic acids is 1. The van der Waals surface area contributed by atoms with Crippen molar-refractivity contribution in [3.05, 3.63) is 59.7 Å². The minimum atomic E-state index is -0.987. The average Bonchev–Trinajstić information content (AvgIpc) is 3.05. The first-order valence-electron chi connectivity index (χ1n) is 10.6. The number of hydrogen-bond donors (Lipinski definition) is 2. The minimum absolute atomic E-state index is 0.0285. The molecule has 162 valence electrons. The van der Waals surface area contributed by atoms with Gasteiger partial charge >= 0.3 is 12.1 Å². The number of nitrogens with zero attached hydrogens (tertiary/aromatic N) is 1. The predicted molar refractivity (Wildman–Crippen MR) is 115 cm³/mol. The molecular weight excluding hydrogens is 396 g/mol. The van der Waals surface area contributed by atoms with Crippen LogP contribution in [0.3, 0.4) is 0 Å². The molecule has 1 heterocycles. The molecule has 2 atom stereocenters. The average molecular weight is 422 g/mol. The third-order valence-corrected chi connectivity index (χ3v) is 6.27. The number of carboxylic acid groups (broad SMARTS) is 1. The van der Waals surface area contributed by atoms with E-state index in [2.05, 4.69) is 29.6 Å². The highest BCUT2D eigenvalue weighted by atomic mass is 16.5. The summed E-state index contributed by atoms with van der Waals surface area (Å²) < 4.78 is 5.51. The van der Waals surface area contributed by atoms with Crippen molar-refractivity contribution in [2.24, 2.45) is 5.92 Å². The molecule has 4 rings (SSSR count). The quantitative estimate of drug-likeness (QED) is 0.714. The molecule has 0 radical (unpaired) electrons. The summed E-state index contributed by atoms with van der Waals surface area (Å²) in [7, 11) is 0. The van der Waals surface area contributed by atoms with E-state index in [1.807, 2.05) is 31.2 Å². The van der Waals surface area contributed by atoms with Gasteiger partial charge in [0.2, 0.25) is 5.91 Å². The molecule has 0 saturated carbocycles. The number of amides is 2. The van der Waals surface area contributed by atoms with Gasteiger partial charge in [0.15, 0.2) is 0 Å². The van der Waals surface area contributed by atoms with Crippen LogP contribution in [0.5, 0.6) is 0 Å². The number of alkyl carbamates (subject to hydrolysis) is 1. The van der Waals surface area contributed by atoms with Crippen LogP contribution in [-0.4, -0.2) is 53.7 Å². The van der Waals surface area contributed by atoms with Gasteiger partial charge in [0.1, 0.15) is 12.6 Å². The van der Waals surface area contributed by atoms with Crippen molar-refractivity contribution >= 4 is 18.0 Å². The lowest BCUT2D eigenvalue weighted by Gasteiger charge is -2.39. The Balaban J connectivity index is 1.33. The second-order valence-electron chi connectivity index (χ2n) is 7.99. The Labute approximate surface area is 181 Å². The van der Waals surface area contributed by atoms with Gasteiger partial charge in [-0.1, -0.05) is 55.5 Å². The monoisotopic (exact) mass is 422 g/mol. The molecule has 2 unspecified atom stereocenters. The van der Waals surface area contributed by atoms with Crippen LogP contribution in [0.2, 0.25) is 0 Å². The number of fused-ring (bicyclic) bond motifs is 3. The van der Waals surface area contributed by atoms with Gasteiger partial charge in [0, 0.05) is 19.0 Å². The number of rotatable bonds is 7. The smallest absolute Gasteiger partial charge is 0.407 e. The molecule has 1 fully saturated rings. The zero-order chi connectivity index (χ0) is 22.0. The van der Waals surface area contributed by atoms with E-state index in [-0.39, 0.29) is 25.0 Å². The zero-order valence-electron chi connectivity index (χ0n) is 17.4. The lowest BCUT2D eigenvalue weighted by atomic mass is 9.97. The molecule has 0 spiro atoms. The van der Waals surface area contributed by atoms with Gasteiger partial charge < -0.3 is 20.1 Å². The van der Waals surface area contributed by atoms with Gasteiger partial charge in [-0.15, -0.1) is 0 Å². The van der Waals surface area contributed by atoms with Crippen LogP contribution in [0.1, 0.15) is 36.8 Å². The van der Waals surface area contributed by atoms with Gasteiger partial charge in [-0.25, -0.2) is 9.59 Å². The standard InChI is InChI=1S/C24H26N2O5/c1-2-15(22(27)26-12-11-21(26)23(28)29)13-25-24(30)31-14-20-18-9-5-3-7-16(18)17-8-4-6-10-19(17)20/h3-10,15,20-21H,2,11-14H2,1H3,(H,25,30)(H,28,29). The summed E-state index contributed by atoms with van der Waals surface area (Å²) in [5.74, 6) is -1.72. The van der Waals surface area contributed by atoms with E-state index in [4.69, 9.17) is 9.84 Å². The Kier molecular flexibility index (Phi) is 5.93. The van der Waals surface area contributed by atoms with Gasteiger partial charge in [-0.3, -0.25) is 4.79 Å². The van der Waals surface area contributed by atoms with Crippen molar-refractivity contribution in [3.63, 3.8) is 0 Å². The number of carbonyl (C=O) groups is 3. The van der Waals surface area contributed by atoms with Gasteiger partial charge in [-0.05, 0) is 35.1 Å². The van der Waals surface area contributed by atoms with Crippen molar-refractivity contribution in [2.75, 3.05) is 19.7 Å². The highest BCUT2D eigenvalue weighted by Crippen LogP contribution is 2.44. The van der Waals surface area contributed by atoms with E-state index in [0.717, 1.165) is 22.3 Å². The lowest BCUT2D eigenvalue weighted by Crippen LogP contribution is -2.57. The largest absolute Gasteiger partial charge is 0.480 e. The summed E-state index contributed by atoms with van der Waals surface area (Å²) in [6.45, 7) is 2.61. The summed E-state index contributed by atoms with van der Waals surface area (Å²) in [4.78, 5) is 37.5. The molecule has 2 aromatic rings. The number of benzene rings is 2. The van der Waals surface area contributed by atoms with E-state index in [0.29, 0.717) is 19.4 Å². The Morgan fingerprint density at radius 3 is 2.23 bits per heavy atom. The van der Waals surface area contributed by atoms with Gasteiger partial charge in [0.25, 0.3) is 0 Å². The maximum atomic E-state index is 12.6. The third kappa shape index (κ3) is 4.00. The van der Waals surface area contributed by atoms with Gasteiger partial charge in [0.05, 0.1) is 5.92 Å². The fourth-order valence-electron chi connectivity index (χ4n) is 4.40. The molecule has 1 aliphatic carbocycles. The molecule has 2 aliphatic rings. The zero-order valence-corrected chi connectivity index (χ0v) is 17.4. The number of hydrogen-bond acceptors (Lipinski definition) is 4. The first-order valence-corrected chi connectivity index (χ1v) is 10.6. The van der Waals surface area contributed by atoms with E-state index in [1.165, 1.54) is 4.90 Å². The van der Waals surface area contributed by atoms with Crippen LogP contribution in [-0.2, 0) is 14.3 Å². The van der Waals surface area contributed by atoms with Crippen LogP contribution in [0, 0.1) is 5.92 Å². The minimum Gasteiger partial charge on any atom is -0.480 e. The molecule has 7 heteroatoms. The topological polar surface area (TPSA) is 95.9 Å². The summed E-state index contributed by atoms with van der Waals surface area (Å²) >= 11 is 0. The molecular formula is C24H26N2O5. The number of nitrogens with one attached hydrogen (secondary N) is 1. The maximum Gasteiger partial charge on any atom is 0.407 e. The number of ether oxygens (including phenoxy) is 1. The van der Waals surface area contributed by atoms with Crippen molar-refractivity contribution in [1.82, 2.24) is 10.2 Å². The molecule has 2 N–H and O–H groups in total. The van der Waals surface area contributed by atoms with Crippen molar-refractivity contribution in [2.45, 2.75) is 31.7 Å². The number of carbonyl (C=O) groups excluding carboxylic acids is 2. The van der Waals surface area contributed by atoms with E-state index < -0.39 is 24.0 Å². The van der Waals surface area contributed by atoms with Crippen LogP contribution in [0.25, 0.3) is 11.1 Å². The summed E-state index contributed by atoms with van der Waals surface area (Å²) in [6.07, 6.45) is 0.398. The molecule has 0 aromatic heterocycles. The molecule has 31 heavy (non-hydrogen) atoms. The summed E-state index contributed by atoms with van der Waals surface area (Å²) in [5, 5.41) is 11.8. The number of carboxylic acids is 1. The Morgan fingerprint density at radius 2 is 1.71 bits per heavy atom. The molecule has 1 aliphatic heterocycles. The van der Waals surface area contributed by atoms with Crippen LogP contribution >= 0.6 is 0 Å². The molecule has 2 aromatic carbocycles. The van der Waals surface area contributed by atoms with Crippen LogP contribution in [0.4, 0.5) is 4.79 Å². The highest BCUT2D eigenvalue weighted by Gasteiger charge is 2.39. The van der Waals surface area contributed by atoms with Crippen molar-refractivity contribution in [1.29, 1.82) is 0 Å². The van der Waals surface area contributed by atoms with Crippen molar-refractivity contribution < 1.29 is 24.2 Å². The molecule has 7 nitrogen and oxygen atoms in total. The normalized spacial score (nSPS) is 17.8. The molecule has 2 amide bonds. The highest BCUT2D eigenvalue weighted by molar-refractivity contribution is 5.87. The Morgan fingerprint density at radius 1 is 1.10 bits per heavy atom. The first-order chi connectivity index (χ1) is 15.0. The summed E-state index contributed by atoms with van der Waals surface area (Å²) in [5.41, 5.74) is 4.59. The Hall–Kier alpha value is -3.35. The third-order valence-electron chi connectivity index (χ3n) is 6.27. The van der Waals surface area contributed by atoms with Crippen LogP contribution < -0.4 is 5.32 Å². The maximum absolute atomic E-state index is 12.6. The summed E-state index contributed by atoms with van der Waals surface area (Å²) in [6, 6.07) is 15.5. The number of likely N-dealkylation sites (tertiary alicyclic amines) is 1. The molecule has 1 saturated heterocycles.